The van der Waals surface area contributed by atoms with E-state index in [2.05, 4.69) is 13.0 Å². The molecule has 0 atom stereocenters. The minimum atomic E-state index is -0.444. The molecule has 2 nitrogen and oxygen atoms in total. The molecule has 1 aliphatic rings. The molecule has 1 aliphatic carbocycles. The van der Waals surface area contributed by atoms with Gasteiger partial charge in [0.15, 0.2) is 11.6 Å². The molecule has 1 radical (unpaired) electrons. The van der Waals surface area contributed by atoms with Crippen molar-refractivity contribution in [3.05, 3.63) is 54.1 Å². The van der Waals surface area contributed by atoms with Crippen molar-refractivity contribution < 1.29 is 18.3 Å². The van der Waals surface area contributed by atoms with E-state index in [0.717, 1.165) is 45.1 Å². The summed E-state index contributed by atoms with van der Waals surface area (Å²) in [5.74, 6) is -0.232. The largest absolute Gasteiger partial charge is 0.490 e. The van der Waals surface area contributed by atoms with Gasteiger partial charge in [0.1, 0.15) is 5.82 Å². The minimum Gasteiger partial charge on any atom is -0.490 e. The molecule has 0 aromatic heterocycles. The van der Waals surface area contributed by atoms with Gasteiger partial charge in [-0.1, -0.05) is 31.5 Å². The summed E-state index contributed by atoms with van der Waals surface area (Å²) in [6.07, 6.45) is 6.79. The summed E-state index contributed by atoms with van der Waals surface area (Å²) >= 11 is 0. The smallest absolute Gasteiger partial charge is 0.173 e. The second kappa shape index (κ2) is 9.84. The summed E-state index contributed by atoms with van der Waals surface area (Å²) in [5.41, 5.74) is 1.02. The SMILES string of the molecule is CCCCO[C@H]1CC[C@H](COc2[c]ccc(-c3ccc(F)cc3)c2F)CC1. The van der Waals surface area contributed by atoms with Crippen LogP contribution < -0.4 is 4.74 Å². The quantitative estimate of drug-likeness (QED) is 0.514. The van der Waals surface area contributed by atoms with E-state index < -0.39 is 5.82 Å². The molecule has 2 aromatic rings. The Bertz CT molecular complexity index is 707. The first-order valence-electron chi connectivity index (χ1n) is 9.88. The van der Waals surface area contributed by atoms with Gasteiger partial charge in [-0.3, -0.25) is 0 Å². The lowest BCUT2D eigenvalue weighted by Gasteiger charge is -2.28. The third-order valence-electron chi connectivity index (χ3n) is 5.16. The zero-order chi connectivity index (χ0) is 19.1. The van der Waals surface area contributed by atoms with Gasteiger partial charge in [0.05, 0.1) is 12.7 Å². The van der Waals surface area contributed by atoms with E-state index in [4.69, 9.17) is 9.47 Å². The molecule has 0 spiro atoms. The van der Waals surface area contributed by atoms with E-state index in [0.29, 0.717) is 29.8 Å². The van der Waals surface area contributed by atoms with E-state index in [1.54, 1.807) is 24.3 Å². The molecule has 27 heavy (non-hydrogen) atoms. The molecule has 0 amide bonds. The molecule has 4 heteroatoms. The first-order chi connectivity index (χ1) is 13.2. The molecule has 0 heterocycles. The van der Waals surface area contributed by atoms with Crippen molar-refractivity contribution in [2.24, 2.45) is 5.92 Å². The van der Waals surface area contributed by atoms with Gasteiger partial charge in [0.25, 0.3) is 0 Å². The lowest BCUT2D eigenvalue weighted by molar-refractivity contribution is 0.0114. The maximum absolute atomic E-state index is 14.8. The number of unbranched alkanes of at least 4 members (excludes halogenated alkanes) is 1. The molecule has 1 saturated carbocycles. The second-order valence-corrected chi connectivity index (χ2v) is 7.22. The Morgan fingerprint density at radius 1 is 1.04 bits per heavy atom. The molecule has 145 valence electrons. The van der Waals surface area contributed by atoms with Crippen LogP contribution >= 0.6 is 0 Å². The summed E-state index contributed by atoms with van der Waals surface area (Å²) in [6, 6.07) is 11.9. The topological polar surface area (TPSA) is 18.5 Å². The fraction of sp³-hybridized carbons (Fsp3) is 0.478. The standard InChI is InChI=1S/C23H27F2O2/c1-2-3-15-26-20-13-7-17(8-14-20)16-27-22-6-4-5-21(23(22)25)18-9-11-19(24)12-10-18/h4-5,9-12,17,20H,2-3,7-8,13-16H2,1H3/t17-,20-. The number of hydrogen-bond donors (Lipinski definition) is 0. The van der Waals surface area contributed by atoms with Crippen LogP contribution in [0.15, 0.2) is 36.4 Å². The molecule has 3 rings (SSSR count). The van der Waals surface area contributed by atoms with Gasteiger partial charge >= 0.3 is 0 Å². The second-order valence-electron chi connectivity index (χ2n) is 7.22. The summed E-state index contributed by atoms with van der Waals surface area (Å²) in [4.78, 5) is 0. The van der Waals surface area contributed by atoms with Crippen molar-refractivity contribution in [1.82, 2.24) is 0 Å². The summed E-state index contributed by atoms with van der Waals surface area (Å²) in [6.45, 7) is 3.50. The highest BCUT2D eigenvalue weighted by Crippen LogP contribution is 2.31. The van der Waals surface area contributed by atoms with Gasteiger partial charge in [0, 0.05) is 18.2 Å². The first-order valence-corrected chi connectivity index (χ1v) is 9.88. The predicted octanol–water partition coefficient (Wildman–Crippen LogP) is 6.19. The van der Waals surface area contributed by atoms with Gasteiger partial charge in [0.2, 0.25) is 0 Å². The van der Waals surface area contributed by atoms with Crippen molar-refractivity contribution >= 4 is 0 Å². The molecule has 0 saturated heterocycles. The number of benzene rings is 2. The summed E-state index contributed by atoms with van der Waals surface area (Å²) in [7, 11) is 0. The Balaban J connectivity index is 1.53. The Morgan fingerprint density at radius 2 is 1.78 bits per heavy atom. The van der Waals surface area contributed by atoms with Crippen LogP contribution in [0.25, 0.3) is 11.1 Å². The van der Waals surface area contributed by atoms with Crippen LogP contribution in [0.4, 0.5) is 8.78 Å². The van der Waals surface area contributed by atoms with Gasteiger partial charge < -0.3 is 9.47 Å². The van der Waals surface area contributed by atoms with Crippen LogP contribution in [0.3, 0.4) is 0 Å². The maximum atomic E-state index is 14.8. The predicted molar refractivity (Wildman–Crippen MR) is 103 cm³/mol. The molecule has 0 bridgehead atoms. The molecule has 1 fully saturated rings. The zero-order valence-corrected chi connectivity index (χ0v) is 15.8. The first kappa shape index (κ1) is 19.8. The molecule has 0 N–H and O–H groups in total. The van der Waals surface area contributed by atoms with Crippen molar-refractivity contribution in [2.75, 3.05) is 13.2 Å². The molecule has 0 aliphatic heterocycles. The fourth-order valence-electron chi connectivity index (χ4n) is 3.48. The van der Waals surface area contributed by atoms with E-state index in [9.17, 15) is 8.78 Å². The Hall–Kier alpha value is -1.94. The monoisotopic (exact) mass is 373 g/mol. The molecular weight excluding hydrogens is 346 g/mol. The summed E-state index contributed by atoms with van der Waals surface area (Å²) in [5, 5.41) is 0. The number of rotatable bonds is 8. The van der Waals surface area contributed by atoms with Gasteiger partial charge in [-0.15, -0.1) is 0 Å². The number of hydrogen-bond acceptors (Lipinski definition) is 2. The van der Waals surface area contributed by atoms with E-state index in [1.165, 1.54) is 12.1 Å². The lowest BCUT2D eigenvalue weighted by Crippen LogP contribution is -2.25. The van der Waals surface area contributed by atoms with E-state index in [-0.39, 0.29) is 11.6 Å². The van der Waals surface area contributed by atoms with Gasteiger partial charge in [-0.2, -0.15) is 0 Å². The Morgan fingerprint density at radius 3 is 2.48 bits per heavy atom. The average Bonchev–Trinajstić information content (AvgIpc) is 2.69. The summed E-state index contributed by atoms with van der Waals surface area (Å²) < 4.78 is 39.5. The third kappa shape index (κ3) is 5.52. The van der Waals surface area contributed by atoms with Crippen molar-refractivity contribution in [3.8, 4) is 16.9 Å². The van der Waals surface area contributed by atoms with Crippen LogP contribution in [-0.4, -0.2) is 19.3 Å². The maximum Gasteiger partial charge on any atom is 0.173 e. The minimum absolute atomic E-state index is 0.137. The van der Waals surface area contributed by atoms with Crippen molar-refractivity contribution in [2.45, 2.75) is 51.6 Å². The van der Waals surface area contributed by atoms with Crippen LogP contribution in [0.2, 0.25) is 0 Å². The highest BCUT2D eigenvalue weighted by atomic mass is 19.1. The highest BCUT2D eigenvalue weighted by molar-refractivity contribution is 5.65. The van der Waals surface area contributed by atoms with Crippen LogP contribution in [0, 0.1) is 23.6 Å². The van der Waals surface area contributed by atoms with Crippen LogP contribution in [-0.2, 0) is 4.74 Å². The highest BCUT2D eigenvalue weighted by Gasteiger charge is 2.22. The molecule has 0 unspecified atom stereocenters. The van der Waals surface area contributed by atoms with E-state index >= 15 is 0 Å². The van der Waals surface area contributed by atoms with Gasteiger partial charge in [-0.25, -0.2) is 8.78 Å². The number of ether oxygens (including phenoxy) is 2. The van der Waals surface area contributed by atoms with Crippen molar-refractivity contribution in [1.29, 1.82) is 0 Å². The van der Waals surface area contributed by atoms with E-state index in [1.807, 2.05) is 0 Å². The normalized spacial score (nSPS) is 19.8. The zero-order valence-electron chi connectivity index (χ0n) is 15.8. The lowest BCUT2D eigenvalue weighted by atomic mass is 9.88. The third-order valence-corrected chi connectivity index (χ3v) is 5.16. The molecule has 2 aromatic carbocycles. The molecular formula is C23H27F2O2. The van der Waals surface area contributed by atoms with Crippen LogP contribution in [0.5, 0.6) is 5.75 Å². The Labute approximate surface area is 160 Å². The van der Waals surface area contributed by atoms with Gasteiger partial charge in [-0.05, 0) is 61.8 Å². The van der Waals surface area contributed by atoms with Crippen molar-refractivity contribution in [3.63, 3.8) is 0 Å². The van der Waals surface area contributed by atoms with Crippen LogP contribution in [0.1, 0.15) is 45.4 Å². The Kier molecular flexibility index (Phi) is 7.22. The number of halogens is 2. The fourth-order valence-corrected chi connectivity index (χ4v) is 3.48. The average molecular weight is 373 g/mol.